The van der Waals surface area contributed by atoms with Crippen LogP contribution in [0.5, 0.6) is 0 Å². The van der Waals surface area contributed by atoms with Crippen LogP contribution in [-0.2, 0) is 0 Å². The van der Waals surface area contributed by atoms with Crippen molar-refractivity contribution < 1.29 is 0 Å². The Balaban J connectivity index is 2.22. The van der Waals surface area contributed by atoms with Crippen LogP contribution in [-0.4, -0.2) is 11.5 Å². The number of aromatic nitrogens is 1. The molecule has 1 N–H and O–H groups in total. The van der Waals surface area contributed by atoms with Crippen LogP contribution < -0.4 is 5.32 Å². The molecular formula is C13H12Cl2N2S. The molecule has 5 heteroatoms. The van der Waals surface area contributed by atoms with E-state index in [1.54, 1.807) is 30.1 Å². The molecule has 0 bridgehead atoms. The van der Waals surface area contributed by atoms with E-state index in [2.05, 4.69) is 10.3 Å². The molecule has 1 heterocycles. The van der Waals surface area contributed by atoms with E-state index in [1.165, 1.54) is 0 Å². The van der Waals surface area contributed by atoms with Crippen molar-refractivity contribution in [1.29, 1.82) is 0 Å². The van der Waals surface area contributed by atoms with Gasteiger partial charge in [0.05, 0.1) is 5.02 Å². The molecule has 0 radical (unpaired) electrons. The largest absolute Gasteiger partial charge is 0.370 e. The smallest absolute Gasteiger partial charge is 0.126 e. The quantitative estimate of drug-likeness (QED) is 0.862. The summed E-state index contributed by atoms with van der Waals surface area (Å²) in [5.41, 5.74) is 0. The van der Waals surface area contributed by atoms with E-state index in [4.69, 9.17) is 23.2 Å². The maximum atomic E-state index is 6.14. The number of benzene rings is 1. The average Bonchev–Trinajstić information content (AvgIpc) is 2.35. The van der Waals surface area contributed by atoms with Crippen molar-refractivity contribution in [2.24, 2.45) is 0 Å². The van der Waals surface area contributed by atoms with Crippen molar-refractivity contribution in [3.63, 3.8) is 0 Å². The van der Waals surface area contributed by atoms with Crippen LogP contribution in [0.25, 0.3) is 0 Å². The van der Waals surface area contributed by atoms with Crippen molar-refractivity contribution in [3.8, 4) is 0 Å². The Hall–Kier alpha value is -0.900. The number of nitrogens with zero attached hydrogens (tertiary/aromatic N) is 1. The fraction of sp³-hybridized carbons (Fsp3) is 0.154. The van der Waals surface area contributed by atoms with E-state index in [0.717, 1.165) is 22.2 Å². The third-order valence-corrected chi connectivity index (χ3v) is 3.93. The van der Waals surface area contributed by atoms with Crippen molar-refractivity contribution in [1.82, 2.24) is 4.98 Å². The molecule has 0 amide bonds. The minimum Gasteiger partial charge on any atom is -0.370 e. The molecule has 2 rings (SSSR count). The number of hydrogen-bond donors (Lipinski definition) is 1. The molecule has 0 fully saturated rings. The van der Waals surface area contributed by atoms with Crippen LogP contribution in [0.4, 0.5) is 5.82 Å². The highest BCUT2D eigenvalue weighted by molar-refractivity contribution is 7.99. The summed E-state index contributed by atoms with van der Waals surface area (Å²) in [6.45, 7) is 2.88. The molecule has 0 aliphatic carbocycles. The second-order valence-electron chi connectivity index (χ2n) is 3.58. The van der Waals surface area contributed by atoms with E-state index in [0.29, 0.717) is 10.0 Å². The molecule has 1 aromatic heterocycles. The average molecular weight is 299 g/mol. The fourth-order valence-electron chi connectivity index (χ4n) is 1.43. The molecule has 18 heavy (non-hydrogen) atoms. The van der Waals surface area contributed by atoms with Crippen molar-refractivity contribution in [2.45, 2.75) is 16.7 Å². The molecule has 0 aliphatic heterocycles. The first-order valence-corrected chi connectivity index (χ1v) is 7.09. The number of rotatable bonds is 4. The Kier molecular flexibility index (Phi) is 4.75. The van der Waals surface area contributed by atoms with Gasteiger partial charge in [0.25, 0.3) is 0 Å². The SMILES string of the molecule is CCNc1cc(Sc2cc(Cl)ccc2Cl)ccn1. The molecule has 1 aromatic carbocycles. The van der Waals surface area contributed by atoms with E-state index in [1.807, 2.05) is 25.1 Å². The van der Waals surface area contributed by atoms with Crippen molar-refractivity contribution in [2.75, 3.05) is 11.9 Å². The van der Waals surface area contributed by atoms with Gasteiger partial charge < -0.3 is 5.32 Å². The maximum Gasteiger partial charge on any atom is 0.126 e. The topological polar surface area (TPSA) is 24.9 Å². The number of nitrogens with one attached hydrogen (secondary N) is 1. The first-order valence-electron chi connectivity index (χ1n) is 5.52. The fourth-order valence-corrected chi connectivity index (χ4v) is 2.81. The van der Waals surface area contributed by atoms with Crippen LogP contribution in [0, 0.1) is 0 Å². The van der Waals surface area contributed by atoms with Crippen molar-refractivity contribution >= 4 is 40.8 Å². The molecule has 0 unspecified atom stereocenters. The zero-order valence-corrected chi connectivity index (χ0v) is 12.1. The lowest BCUT2D eigenvalue weighted by Gasteiger charge is -2.07. The van der Waals surface area contributed by atoms with Gasteiger partial charge in [-0.2, -0.15) is 0 Å². The second kappa shape index (κ2) is 6.32. The molecule has 0 atom stereocenters. The third-order valence-electron chi connectivity index (χ3n) is 2.21. The predicted molar refractivity (Wildman–Crippen MR) is 79.0 cm³/mol. The van der Waals surface area contributed by atoms with Crippen molar-refractivity contribution in [3.05, 3.63) is 46.6 Å². The summed E-state index contributed by atoms with van der Waals surface area (Å²) >= 11 is 13.7. The van der Waals surface area contributed by atoms with Crippen LogP contribution >= 0.6 is 35.0 Å². The minimum absolute atomic E-state index is 0.683. The molecule has 2 aromatic rings. The number of pyridine rings is 1. The van der Waals surface area contributed by atoms with Gasteiger partial charge in [-0.3, -0.25) is 0 Å². The summed E-state index contributed by atoms with van der Waals surface area (Å²) in [5, 5.41) is 4.56. The van der Waals surface area contributed by atoms with Gasteiger partial charge in [0, 0.05) is 27.6 Å². The van der Waals surface area contributed by atoms with Gasteiger partial charge in [-0.15, -0.1) is 0 Å². The lowest BCUT2D eigenvalue weighted by molar-refractivity contribution is 1.14. The molecule has 94 valence electrons. The Morgan fingerprint density at radius 2 is 2.06 bits per heavy atom. The Morgan fingerprint density at radius 1 is 1.22 bits per heavy atom. The number of halogens is 2. The van der Waals surface area contributed by atoms with Gasteiger partial charge in [0.1, 0.15) is 5.82 Å². The summed E-state index contributed by atoms with van der Waals surface area (Å²) in [4.78, 5) is 6.24. The number of anilines is 1. The zero-order valence-electron chi connectivity index (χ0n) is 9.78. The van der Waals surface area contributed by atoms with Crippen LogP contribution in [0.2, 0.25) is 10.0 Å². The van der Waals surface area contributed by atoms with Crippen LogP contribution in [0.3, 0.4) is 0 Å². The Labute approximate surface area is 121 Å². The normalized spacial score (nSPS) is 10.4. The van der Waals surface area contributed by atoms with E-state index >= 15 is 0 Å². The zero-order chi connectivity index (χ0) is 13.0. The molecule has 0 aliphatic rings. The molecule has 0 saturated carbocycles. The molecule has 2 nitrogen and oxygen atoms in total. The maximum absolute atomic E-state index is 6.14. The highest BCUT2D eigenvalue weighted by atomic mass is 35.5. The van der Waals surface area contributed by atoms with E-state index in [9.17, 15) is 0 Å². The Bertz CT molecular complexity index is 546. The van der Waals surface area contributed by atoms with Gasteiger partial charge in [0.15, 0.2) is 0 Å². The monoisotopic (exact) mass is 298 g/mol. The second-order valence-corrected chi connectivity index (χ2v) is 5.54. The Morgan fingerprint density at radius 3 is 2.83 bits per heavy atom. The van der Waals surface area contributed by atoms with Gasteiger partial charge in [-0.05, 0) is 37.3 Å². The summed E-state index contributed by atoms with van der Waals surface area (Å²) in [7, 11) is 0. The first-order chi connectivity index (χ1) is 8.69. The third kappa shape index (κ3) is 3.55. The highest BCUT2D eigenvalue weighted by Crippen LogP contribution is 2.35. The van der Waals surface area contributed by atoms with E-state index < -0.39 is 0 Å². The summed E-state index contributed by atoms with van der Waals surface area (Å²) in [6, 6.07) is 9.39. The first kappa shape index (κ1) is 13.5. The molecular weight excluding hydrogens is 287 g/mol. The minimum atomic E-state index is 0.683. The predicted octanol–water partition coefficient (Wildman–Crippen LogP) is 4.97. The van der Waals surface area contributed by atoms with Crippen LogP contribution in [0.15, 0.2) is 46.3 Å². The standard InChI is InChI=1S/C13H12Cl2N2S/c1-2-16-13-8-10(5-6-17-13)18-12-7-9(14)3-4-11(12)15/h3-8H,2H2,1H3,(H,16,17). The van der Waals surface area contributed by atoms with Crippen LogP contribution in [0.1, 0.15) is 6.92 Å². The van der Waals surface area contributed by atoms with Gasteiger partial charge in [-0.25, -0.2) is 4.98 Å². The number of hydrogen-bond acceptors (Lipinski definition) is 3. The van der Waals surface area contributed by atoms with E-state index in [-0.39, 0.29) is 0 Å². The molecule has 0 saturated heterocycles. The lowest BCUT2D eigenvalue weighted by atomic mass is 10.4. The summed E-state index contributed by atoms with van der Waals surface area (Å²) in [5.74, 6) is 0.862. The summed E-state index contributed by atoms with van der Waals surface area (Å²) < 4.78 is 0. The highest BCUT2D eigenvalue weighted by Gasteiger charge is 2.05. The lowest BCUT2D eigenvalue weighted by Crippen LogP contribution is -1.98. The van der Waals surface area contributed by atoms with Gasteiger partial charge >= 0.3 is 0 Å². The molecule has 0 spiro atoms. The summed E-state index contributed by atoms with van der Waals surface area (Å²) in [6.07, 6.45) is 1.78. The van der Waals surface area contributed by atoms with Gasteiger partial charge in [-0.1, -0.05) is 35.0 Å². The van der Waals surface area contributed by atoms with Gasteiger partial charge in [0.2, 0.25) is 0 Å².